The summed E-state index contributed by atoms with van der Waals surface area (Å²) in [4.78, 5) is 50.9. The Morgan fingerprint density at radius 1 is 0.353 bits per heavy atom. The van der Waals surface area contributed by atoms with E-state index in [1.165, 1.54) is 187 Å². The first-order chi connectivity index (χ1) is 72.1. The number of carbonyl (C=O) groups is 4. The van der Waals surface area contributed by atoms with E-state index in [1.807, 2.05) is 85.8 Å². The fraction of sp³-hybridized carbons (Fsp3) is 0.620. The number of hydrogen-bond acceptors (Lipinski definition) is 13. The van der Waals surface area contributed by atoms with E-state index in [-0.39, 0.29) is 46.0 Å². The van der Waals surface area contributed by atoms with Gasteiger partial charge in [-0.05, 0) is 496 Å². The van der Waals surface area contributed by atoms with Gasteiger partial charge in [-0.2, -0.15) is 0 Å². The highest BCUT2D eigenvalue weighted by molar-refractivity contribution is 5.81. The minimum Gasteiger partial charge on any atom is -0.508 e. The first-order valence-corrected chi connectivity index (χ1v) is 60.1. The summed E-state index contributed by atoms with van der Waals surface area (Å²) in [5.74, 6) is 20.5. The molecule has 8 aromatic carbocycles. The maximum Gasteiger partial charge on any atom is 0.514 e. The summed E-state index contributed by atoms with van der Waals surface area (Å²) < 4.78 is 40.5. The van der Waals surface area contributed by atoms with E-state index in [0.29, 0.717) is 70.8 Å². The quantitative estimate of drug-likeness (QED) is 0.0196. The molecule has 0 aliphatic heterocycles. The van der Waals surface area contributed by atoms with Crippen molar-refractivity contribution in [2.24, 2.45) is 99.1 Å². The zero-order chi connectivity index (χ0) is 107. The number of hydrogen-bond donors (Lipinski definition) is 2. The van der Waals surface area contributed by atoms with Crippen LogP contribution in [0.15, 0.2) is 188 Å². The second-order valence-corrected chi connectivity index (χ2v) is 51.0. The van der Waals surface area contributed by atoms with Gasteiger partial charge in [-0.1, -0.05) is 252 Å². The summed E-state index contributed by atoms with van der Waals surface area (Å²) in [6.45, 7) is 40.4. The lowest BCUT2D eigenvalue weighted by Gasteiger charge is -2.56. The minimum atomic E-state index is -0.520. The number of benzene rings is 8. The highest BCUT2D eigenvalue weighted by Crippen LogP contribution is 2.65. The van der Waals surface area contributed by atoms with Crippen LogP contribution in [0.25, 0.3) is 0 Å². The van der Waals surface area contributed by atoms with Gasteiger partial charge in [0.1, 0.15) is 45.8 Å². The molecule has 17 fully saturated rings. The molecule has 13 heteroatoms. The standard InChI is InChI=1S/2C22H30O2.C21H28O3.C21H28O2.C20H32O2.C11H14.2C10H14O/c1-4-14(2)19-5-6-20(15(3)7-19)24-21(23)22-11-16-8-17(12-22)10-18(9-16)13-22;1-3-15(2)19-4-6-20(7-5-19)24-21(23)14-22-11-16-8-17(12-22)10-18(9-16)13-22;1-3-14(2)18-4-6-19(7-5-18)23-20(22)24-21-11-15-8-16(12-21)10-17(9-15)13-21;1-3-14(2)18-4-6-19(7-5-18)23-20(22)21-11-15-8-16(12-21)10-17(9-15)13-21;1-4-16(2)19-10-12-20(13-11-19)22-17(3)21-15-14-18-8-6-5-7-9-18;1-8-7-10-5-3-4-6-11(10)9(8)2;2*1-3-8(2)9-4-6-10(11)7-5-9/h5-7,14,16-18H,4,8-13H2,1-3H3;4-7,15-18H,3,8-14H2,1-2H3;4-7,14-17H,3,8-13H2,1-2H3;4-7,14-17H,3,8-13H2,1-2H3;10-13,16-18H,4-9,14-15H2,1-3H3;3-6,8-9H,7H2,1-2H3;2*4-8,11H,3H2,1-2H3. The first-order valence-electron chi connectivity index (χ1n) is 60.1. The second kappa shape index (κ2) is 53.3. The number of rotatable bonds is 29. The maximum absolute atomic E-state index is 13.1. The molecule has 816 valence electrons. The van der Waals surface area contributed by atoms with Gasteiger partial charge < -0.3 is 43.4 Å². The molecular formula is C137H190O13. The van der Waals surface area contributed by atoms with Crippen LogP contribution in [-0.4, -0.2) is 52.8 Å². The third-order valence-corrected chi connectivity index (χ3v) is 39.4. The van der Waals surface area contributed by atoms with Crippen LogP contribution in [0, 0.1) is 106 Å². The largest absolute Gasteiger partial charge is 0.514 e. The molecule has 0 aromatic heterocycles. The van der Waals surface area contributed by atoms with Gasteiger partial charge in [0.15, 0.2) is 6.29 Å². The lowest BCUT2D eigenvalue weighted by molar-refractivity contribution is -0.162. The molecule has 18 aliphatic carbocycles. The van der Waals surface area contributed by atoms with Gasteiger partial charge in [0, 0.05) is 0 Å². The van der Waals surface area contributed by atoms with Crippen LogP contribution in [0.5, 0.6) is 40.2 Å². The summed E-state index contributed by atoms with van der Waals surface area (Å²) in [5.41, 5.74) is 13.1. The van der Waals surface area contributed by atoms with Crippen molar-refractivity contribution < 1.29 is 62.5 Å². The molecule has 0 amide bonds. The third kappa shape index (κ3) is 30.7. The molecule has 10 unspecified atom stereocenters. The van der Waals surface area contributed by atoms with E-state index in [0.717, 1.165) is 214 Å². The summed E-state index contributed by atoms with van der Waals surface area (Å²) in [7, 11) is 0. The number of carbonyl (C=O) groups excluding carboxylic acids is 4. The molecule has 0 heterocycles. The number of fused-ring (bicyclic) bond motifs is 1. The smallest absolute Gasteiger partial charge is 0.508 e. The molecule has 0 radical (unpaired) electrons. The normalized spacial score (nSPS) is 29.1. The fourth-order valence-electron chi connectivity index (χ4n) is 30.5. The van der Waals surface area contributed by atoms with Gasteiger partial charge in [0.05, 0.1) is 23.9 Å². The summed E-state index contributed by atoms with van der Waals surface area (Å²) in [6.07, 6.45) is 47.1. The van der Waals surface area contributed by atoms with Gasteiger partial charge in [0.2, 0.25) is 0 Å². The average Bonchev–Trinajstić information content (AvgIpc) is 0.865. The molecule has 18 aliphatic rings. The van der Waals surface area contributed by atoms with E-state index in [1.54, 1.807) is 35.4 Å². The molecule has 13 nitrogen and oxygen atoms in total. The topological polar surface area (TPSA) is 173 Å². The van der Waals surface area contributed by atoms with Crippen molar-refractivity contribution in [1.82, 2.24) is 0 Å². The van der Waals surface area contributed by atoms with Crippen molar-refractivity contribution >= 4 is 24.1 Å². The highest BCUT2D eigenvalue weighted by Gasteiger charge is 2.59. The Morgan fingerprint density at radius 2 is 0.673 bits per heavy atom. The molecule has 0 saturated heterocycles. The van der Waals surface area contributed by atoms with E-state index >= 15 is 0 Å². The molecule has 17 saturated carbocycles. The lowest BCUT2D eigenvalue weighted by Crippen LogP contribution is -2.53. The summed E-state index contributed by atoms with van der Waals surface area (Å²) in [6, 6.07) is 62.6. The Hall–Kier alpha value is -9.20. The molecule has 16 bridgehead atoms. The Balaban J connectivity index is 0.000000130. The van der Waals surface area contributed by atoms with E-state index < -0.39 is 6.16 Å². The SMILES string of the molecule is CC1Cc2ccccc2C1C.CCC(C)c1ccc(O)cc1.CCC(C)c1ccc(O)cc1.CCC(C)c1ccc(OC(=O)C23CC4CC(CC(C4)C2)C3)c(C)c1.CCC(C)c1ccc(OC(=O)C23CC4CC(CC(C4)C2)C3)cc1.CCC(C)c1ccc(OC(=O)CC23CC4CC(CC(C4)C2)C3)cc1.CCC(C)c1ccc(OC(=O)OC23CC4CC(CC(C4)C2)C3)cc1.CCC(C)c1ccc(OC(C)OCCC2CCCCC2)cc1. The highest BCUT2D eigenvalue weighted by atomic mass is 16.7. The van der Waals surface area contributed by atoms with Gasteiger partial charge in [-0.15, -0.1) is 0 Å². The predicted molar refractivity (Wildman–Crippen MR) is 610 cm³/mol. The predicted octanol–water partition coefficient (Wildman–Crippen LogP) is 37.1. The van der Waals surface area contributed by atoms with Crippen LogP contribution in [0.1, 0.15) is 465 Å². The van der Waals surface area contributed by atoms with Gasteiger partial charge in [-0.25, -0.2) is 4.79 Å². The Kier molecular flexibility index (Phi) is 40.8. The van der Waals surface area contributed by atoms with Crippen molar-refractivity contribution in [3.8, 4) is 40.2 Å². The van der Waals surface area contributed by atoms with Crippen LogP contribution in [0.4, 0.5) is 4.79 Å². The Labute approximate surface area is 904 Å². The number of aromatic hydroxyl groups is 2. The Bertz CT molecular complexity index is 5230. The maximum atomic E-state index is 13.1. The molecular weight excluding hydrogens is 1850 g/mol. The molecule has 26 rings (SSSR count). The molecule has 150 heavy (non-hydrogen) atoms. The third-order valence-electron chi connectivity index (χ3n) is 39.4. The van der Waals surface area contributed by atoms with Crippen LogP contribution < -0.4 is 23.7 Å². The molecule has 8 aromatic rings. The van der Waals surface area contributed by atoms with Gasteiger partial charge in [-0.3, -0.25) is 14.4 Å². The summed E-state index contributed by atoms with van der Waals surface area (Å²) >= 11 is 0. The monoisotopic (exact) mass is 2040 g/mol. The zero-order valence-corrected chi connectivity index (χ0v) is 95.3. The van der Waals surface area contributed by atoms with Crippen LogP contribution >= 0.6 is 0 Å². The van der Waals surface area contributed by atoms with Crippen LogP contribution in [-0.2, 0) is 30.3 Å². The zero-order valence-electron chi connectivity index (χ0n) is 95.3. The minimum absolute atomic E-state index is 0.0201. The first kappa shape index (κ1) is 115. The van der Waals surface area contributed by atoms with Crippen LogP contribution in [0.3, 0.4) is 0 Å². The van der Waals surface area contributed by atoms with Crippen molar-refractivity contribution in [3.63, 3.8) is 0 Å². The summed E-state index contributed by atoms with van der Waals surface area (Å²) in [5, 5.41) is 18.0. The number of phenolic OH excluding ortho intramolecular Hbond substituents is 2. The average molecular weight is 2050 g/mol. The van der Waals surface area contributed by atoms with Gasteiger partial charge >= 0.3 is 24.1 Å². The Morgan fingerprint density at radius 3 is 1.04 bits per heavy atom. The fourth-order valence-corrected chi connectivity index (χ4v) is 30.5. The van der Waals surface area contributed by atoms with Crippen molar-refractivity contribution in [3.05, 3.63) is 244 Å². The van der Waals surface area contributed by atoms with Crippen LogP contribution in [0.2, 0.25) is 0 Å². The number of ether oxygens (including phenoxy) is 7. The van der Waals surface area contributed by atoms with Crippen molar-refractivity contribution in [2.75, 3.05) is 6.61 Å². The lowest BCUT2D eigenvalue weighted by atomic mass is 9.49. The van der Waals surface area contributed by atoms with E-state index in [4.69, 9.17) is 43.4 Å². The van der Waals surface area contributed by atoms with Crippen molar-refractivity contribution in [2.45, 2.75) is 434 Å². The van der Waals surface area contributed by atoms with E-state index in [2.05, 4.69) is 203 Å². The second-order valence-electron chi connectivity index (χ2n) is 51.0. The van der Waals surface area contributed by atoms with Crippen molar-refractivity contribution in [1.29, 1.82) is 0 Å². The molecule has 0 spiro atoms. The van der Waals surface area contributed by atoms with Gasteiger partial charge in [0.25, 0.3) is 0 Å². The van der Waals surface area contributed by atoms with E-state index in [9.17, 15) is 19.2 Å². The number of phenols is 2. The number of esters is 3. The number of aryl methyl sites for hydroxylation is 1. The molecule has 2 N–H and O–H groups in total. The molecule has 10 atom stereocenters.